The number of carboxylic acid groups (broad SMARTS) is 1. The molecule has 1 amide bonds. The molecule has 4 nitrogen and oxygen atoms in total. The largest absolute Gasteiger partial charge is 0.478 e. The number of aromatic carboxylic acids is 1. The van der Waals surface area contributed by atoms with Crippen LogP contribution >= 0.6 is 0 Å². The maximum absolute atomic E-state index is 12.1. The first-order chi connectivity index (χ1) is 9.18. The van der Waals surface area contributed by atoms with E-state index in [-0.39, 0.29) is 22.3 Å². The number of hydrogen-bond donors (Lipinski definition) is 2. The normalized spacial score (nSPS) is 19.4. The van der Waals surface area contributed by atoms with Gasteiger partial charge in [0.05, 0.1) is 5.56 Å². The highest BCUT2D eigenvalue weighted by Gasteiger charge is 2.64. The highest BCUT2D eigenvalue weighted by atomic mass is 16.4. The topological polar surface area (TPSA) is 66.4 Å². The van der Waals surface area contributed by atoms with Gasteiger partial charge in [0, 0.05) is 12.1 Å². The van der Waals surface area contributed by atoms with Gasteiger partial charge < -0.3 is 10.4 Å². The van der Waals surface area contributed by atoms with Crippen LogP contribution in [0.1, 0.15) is 48.4 Å². The molecule has 2 rings (SSSR count). The Labute approximate surface area is 119 Å². The Morgan fingerprint density at radius 1 is 1.15 bits per heavy atom. The van der Waals surface area contributed by atoms with Gasteiger partial charge in [-0.25, -0.2) is 4.79 Å². The highest BCUT2D eigenvalue weighted by Crippen LogP contribution is 2.67. The first-order valence-electron chi connectivity index (χ1n) is 6.79. The fraction of sp³-hybridized carbons (Fsp3) is 0.500. The Hall–Kier alpha value is -1.84. The molecule has 1 aliphatic carbocycles. The molecule has 0 spiro atoms. The van der Waals surface area contributed by atoms with Gasteiger partial charge in [-0.15, -0.1) is 0 Å². The van der Waals surface area contributed by atoms with Crippen LogP contribution in [0.15, 0.2) is 24.3 Å². The Morgan fingerprint density at radius 3 is 2.20 bits per heavy atom. The number of rotatable bonds is 4. The van der Waals surface area contributed by atoms with E-state index < -0.39 is 5.97 Å². The molecule has 0 unspecified atom stereocenters. The van der Waals surface area contributed by atoms with E-state index in [0.717, 1.165) is 0 Å². The van der Waals surface area contributed by atoms with E-state index in [1.165, 1.54) is 12.1 Å². The lowest BCUT2D eigenvalue weighted by Gasteiger charge is -2.07. The highest BCUT2D eigenvalue weighted by molar-refractivity contribution is 5.97. The van der Waals surface area contributed by atoms with Crippen molar-refractivity contribution in [3.8, 4) is 0 Å². The fourth-order valence-corrected chi connectivity index (χ4v) is 2.93. The second kappa shape index (κ2) is 4.62. The third kappa shape index (κ3) is 2.30. The first-order valence-corrected chi connectivity index (χ1v) is 6.79. The van der Waals surface area contributed by atoms with Crippen LogP contribution in [0.4, 0.5) is 0 Å². The van der Waals surface area contributed by atoms with Crippen molar-refractivity contribution in [1.29, 1.82) is 0 Å². The van der Waals surface area contributed by atoms with E-state index in [1.807, 2.05) is 0 Å². The summed E-state index contributed by atoms with van der Waals surface area (Å²) >= 11 is 0. The minimum atomic E-state index is -1.02. The lowest BCUT2D eigenvalue weighted by molar-refractivity contribution is 0.0697. The molecular formula is C16H21NO3. The zero-order valence-electron chi connectivity index (χ0n) is 12.4. The smallest absolute Gasteiger partial charge is 0.335 e. The zero-order valence-corrected chi connectivity index (χ0v) is 12.4. The number of nitrogens with one attached hydrogen (secondary N) is 1. The molecule has 0 radical (unpaired) electrons. The summed E-state index contributed by atoms with van der Waals surface area (Å²) in [5, 5.41) is 11.8. The van der Waals surface area contributed by atoms with Gasteiger partial charge in [0.2, 0.25) is 0 Å². The second-order valence-electron chi connectivity index (χ2n) is 6.59. The minimum Gasteiger partial charge on any atom is -0.478 e. The van der Waals surface area contributed by atoms with E-state index in [9.17, 15) is 9.59 Å². The fourth-order valence-electron chi connectivity index (χ4n) is 2.93. The van der Waals surface area contributed by atoms with Crippen molar-refractivity contribution < 1.29 is 14.7 Å². The summed E-state index contributed by atoms with van der Waals surface area (Å²) in [6.07, 6.45) is 0. The van der Waals surface area contributed by atoms with E-state index in [0.29, 0.717) is 18.0 Å². The molecule has 4 heteroatoms. The molecule has 20 heavy (non-hydrogen) atoms. The van der Waals surface area contributed by atoms with Crippen LogP contribution in [-0.4, -0.2) is 23.5 Å². The first kappa shape index (κ1) is 14.6. The van der Waals surface area contributed by atoms with Crippen LogP contribution in [0.2, 0.25) is 0 Å². The molecule has 1 aromatic rings. The number of benzene rings is 1. The second-order valence-corrected chi connectivity index (χ2v) is 6.59. The lowest BCUT2D eigenvalue weighted by atomic mass is 10.0. The van der Waals surface area contributed by atoms with Crippen molar-refractivity contribution in [2.75, 3.05) is 6.54 Å². The SMILES string of the molecule is CC1(C)C(CNC(=O)c2cccc(C(=O)O)c2)C1(C)C. The average Bonchev–Trinajstić information content (AvgIpc) is 2.77. The van der Waals surface area contributed by atoms with Crippen LogP contribution < -0.4 is 5.32 Å². The summed E-state index contributed by atoms with van der Waals surface area (Å²) in [4.78, 5) is 23.0. The van der Waals surface area contributed by atoms with Gasteiger partial charge >= 0.3 is 5.97 Å². The van der Waals surface area contributed by atoms with Gasteiger partial charge in [-0.1, -0.05) is 33.8 Å². The average molecular weight is 275 g/mol. The molecule has 0 saturated heterocycles. The number of carbonyl (C=O) groups is 2. The van der Waals surface area contributed by atoms with Crippen LogP contribution in [0, 0.1) is 16.7 Å². The summed E-state index contributed by atoms with van der Waals surface area (Å²) < 4.78 is 0. The number of carbonyl (C=O) groups excluding carboxylic acids is 1. The van der Waals surface area contributed by atoms with Crippen LogP contribution in [0.5, 0.6) is 0 Å². The zero-order chi connectivity index (χ0) is 15.1. The molecule has 108 valence electrons. The van der Waals surface area contributed by atoms with Crippen molar-refractivity contribution in [2.45, 2.75) is 27.7 Å². The number of amides is 1. The van der Waals surface area contributed by atoms with E-state index >= 15 is 0 Å². The van der Waals surface area contributed by atoms with Crippen LogP contribution in [-0.2, 0) is 0 Å². The molecule has 0 bridgehead atoms. The Balaban J connectivity index is 2.00. The molecule has 0 atom stereocenters. The van der Waals surface area contributed by atoms with E-state index in [2.05, 4.69) is 33.0 Å². The van der Waals surface area contributed by atoms with Crippen molar-refractivity contribution in [3.63, 3.8) is 0 Å². The quantitative estimate of drug-likeness (QED) is 0.888. The maximum Gasteiger partial charge on any atom is 0.335 e. The molecule has 0 heterocycles. The summed E-state index contributed by atoms with van der Waals surface area (Å²) in [6, 6.07) is 6.10. The van der Waals surface area contributed by atoms with Gasteiger partial charge in [-0.2, -0.15) is 0 Å². The van der Waals surface area contributed by atoms with Crippen molar-refractivity contribution in [2.24, 2.45) is 16.7 Å². The molecular weight excluding hydrogens is 254 g/mol. The summed E-state index contributed by atoms with van der Waals surface area (Å²) in [7, 11) is 0. The monoisotopic (exact) mass is 275 g/mol. The molecule has 2 N–H and O–H groups in total. The summed E-state index contributed by atoms with van der Waals surface area (Å²) in [6.45, 7) is 9.43. The molecule has 0 aliphatic heterocycles. The van der Waals surface area contributed by atoms with Crippen LogP contribution in [0.25, 0.3) is 0 Å². The van der Waals surface area contributed by atoms with E-state index in [1.54, 1.807) is 12.1 Å². The maximum atomic E-state index is 12.1. The van der Waals surface area contributed by atoms with Gasteiger partial charge in [0.25, 0.3) is 5.91 Å². The standard InChI is InChI=1S/C16H21NO3/c1-15(2)12(16(15,3)4)9-17-13(18)10-6-5-7-11(8-10)14(19)20/h5-8,12H,9H2,1-4H3,(H,17,18)(H,19,20). The van der Waals surface area contributed by atoms with Crippen molar-refractivity contribution >= 4 is 11.9 Å². The number of carboxylic acids is 1. The van der Waals surface area contributed by atoms with Gasteiger partial charge in [0.15, 0.2) is 0 Å². The summed E-state index contributed by atoms with van der Waals surface area (Å²) in [5.41, 5.74) is 0.970. The van der Waals surface area contributed by atoms with Gasteiger partial charge in [-0.3, -0.25) is 4.79 Å². The van der Waals surface area contributed by atoms with Gasteiger partial charge in [0.1, 0.15) is 0 Å². The molecule has 1 saturated carbocycles. The predicted molar refractivity (Wildman–Crippen MR) is 76.8 cm³/mol. The summed E-state index contributed by atoms with van der Waals surface area (Å²) in [5.74, 6) is -0.794. The van der Waals surface area contributed by atoms with Gasteiger partial charge in [-0.05, 0) is 34.9 Å². The van der Waals surface area contributed by atoms with Crippen molar-refractivity contribution in [3.05, 3.63) is 35.4 Å². The number of hydrogen-bond acceptors (Lipinski definition) is 2. The Kier molecular flexibility index (Phi) is 3.36. The van der Waals surface area contributed by atoms with Crippen LogP contribution in [0.3, 0.4) is 0 Å². The minimum absolute atomic E-state index is 0.129. The predicted octanol–water partition coefficient (Wildman–Crippen LogP) is 2.80. The lowest BCUT2D eigenvalue weighted by Crippen LogP contribution is -2.27. The third-order valence-electron chi connectivity index (χ3n) is 5.16. The molecule has 0 aromatic heterocycles. The van der Waals surface area contributed by atoms with Crippen molar-refractivity contribution in [1.82, 2.24) is 5.32 Å². The Bertz CT molecular complexity index is 547. The molecule has 1 fully saturated rings. The Morgan fingerprint density at radius 2 is 1.70 bits per heavy atom. The third-order valence-corrected chi connectivity index (χ3v) is 5.16. The molecule has 1 aliphatic rings. The molecule has 1 aromatic carbocycles. The van der Waals surface area contributed by atoms with E-state index in [4.69, 9.17) is 5.11 Å².